The van der Waals surface area contributed by atoms with Crippen LogP contribution in [0, 0.1) is 0 Å². The number of fused-ring (bicyclic) bond motifs is 2. The van der Waals surface area contributed by atoms with Gasteiger partial charge in [-0.15, -0.1) is 11.3 Å². The van der Waals surface area contributed by atoms with Crippen LogP contribution in [-0.4, -0.2) is 31.9 Å². The SMILES string of the molecule is CC(=O)n1cc(CN2CCc3nc(-c4cccs4)ncc3C2)c2ccccc21. The van der Waals surface area contributed by atoms with Crippen LogP contribution in [0.3, 0.4) is 0 Å². The van der Waals surface area contributed by atoms with E-state index in [0.29, 0.717) is 0 Å². The highest BCUT2D eigenvalue weighted by Gasteiger charge is 2.21. The molecule has 0 aliphatic carbocycles. The van der Waals surface area contributed by atoms with Crippen molar-refractivity contribution < 1.29 is 4.79 Å². The Morgan fingerprint density at radius 3 is 2.93 bits per heavy atom. The Balaban J connectivity index is 1.40. The van der Waals surface area contributed by atoms with Gasteiger partial charge in [0.25, 0.3) is 0 Å². The number of hydrogen-bond donors (Lipinski definition) is 0. The monoisotopic (exact) mass is 388 g/mol. The van der Waals surface area contributed by atoms with Gasteiger partial charge in [0.05, 0.1) is 16.1 Å². The Morgan fingerprint density at radius 1 is 1.21 bits per heavy atom. The third-order valence-electron chi connectivity index (χ3n) is 5.28. The normalized spacial score (nSPS) is 14.3. The maximum atomic E-state index is 12.0. The van der Waals surface area contributed by atoms with Gasteiger partial charge in [0.2, 0.25) is 5.91 Å². The molecule has 4 aromatic rings. The molecule has 140 valence electrons. The summed E-state index contributed by atoms with van der Waals surface area (Å²) in [6.45, 7) is 4.20. The van der Waals surface area contributed by atoms with Gasteiger partial charge in [0, 0.05) is 56.3 Å². The van der Waals surface area contributed by atoms with Crippen LogP contribution >= 0.6 is 11.3 Å². The molecular formula is C22H20N4OS. The number of nitrogens with zero attached hydrogens (tertiary/aromatic N) is 4. The molecule has 0 N–H and O–H groups in total. The molecular weight excluding hydrogens is 368 g/mol. The van der Waals surface area contributed by atoms with Crippen molar-refractivity contribution in [2.24, 2.45) is 0 Å². The average molecular weight is 388 g/mol. The van der Waals surface area contributed by atoms with E-state index >= 15 is 0 Å². The van der Waals surface area contributed by atoms with Gasteiger partial charge in [0.1, 0.15) is 0 Å². The Labute approximate surface area is 167 Å². The van der Waals surface area contributed by atoms with E-state index in [0.717, 1.165) is 53.4 Å². The number of carbonyl (C=O) groups is 1. The van der Waals surface area contributed by atoms with Crippen molar-refractivity contribution in [2.75, 3.05) is 6.54 Å². The van der Waals surface area contributed by atoms with Crippen LogP contribution in [0.1, 0.15) is 28.5 Å². The number of para-hydroxylation sites is 1. The molecule has 0 bridgehead atoms. The number of hydrogen-bond acceptors (Lipinski definition) is 5. The van der Waals surface area contributed by atoms with Gasteiger partial charge in [-0.25, -0.2) is 9.97 Å². The molecule has 5 rings (SSSR count). The van der Waals surface area contributed by atoms with E-state index in [2.05, 4.69) is 27.4 Å². The third-order valence-corrected chi connectivity index (χ3v) is 6.15. The first-order valence-electron chi connectivity index (χ1n) is 9.40. The summed E-state index contributed by atoms with van der Waals surface area (Å²) in [5, 5.41) is 3.20. The molecule has 0 radical (unpaired) electrons. The first-order chi connectivity index (χ1) is 13.7. The fraction of sp³-hybridized carbons (Fsp3) is 0.227. The maximum Gasteiger partial charge on any atom is 0.227 e. The van der Waals surface area contributed by atoms with Crippen molar-refractivity contribution >= 4 is 28.1 Å². The van der Waals surface area contributed by atoms with Crippen LogP contribution in [0.25, 0.3) is 21.6 Å². The second-order valence-electron chi connectivity index (χ2n) is 7.16. The number of rotatable bonds is 3. The number of benzene rings is 1. The molecule has 28 heavy (non-hydrogen) atoms. The summed E-state index contributed by atoms with van der Waals surface area (Å²) >= 11 is 1.67. The van der Waals surface area contributed by atoms with Crippen molar-refractivity contribution in [2.45, 2.75) is 26.4 Å². The predicted molar refractivity (Wildman–Crippen MR) is 111 cm³/mol. The van der Waals surface area contributed by atoms with Crippen LogP contribution in [0.15, 0.2) is 54.2 Å². The van der Waals surface area contributed by atoms with Crippen LogP contribution in [0.4, 0.5) is 0 Å². The van der Waals surface area contributed by atoms with Gasteiger partial charge in [-0.2, -0.15) is 0 Å². The lowest BCUT2D eigenvalue weighted by molar-refractivity contribution is 0.0941. The molecule has 1 aromatic carbocycles. The van der Waals surface area contributed by atoms with E-state index in [4.69, 9.17) is 4.98 Å². The summed E-state index contributed by atoms with van der Waals surface area (Å²) in [4.78, 5) is 24.9. The molecule has 0 unspecified atom stereocenters. The first-order valence-corrected chi connectivity index (χ1v) is 10.3. The van der Waals surface area contributed by atoms with Crippen molar-refractivity contribution in [3.63, 3.8) is 0 Å². The second kappa shape index (κ2) is 6.96. The van der Waals surface area contributed by atoms with Crippen LogP contribution in [0.2, 0.25) is 0 Å². The van der Waals surface area contributed by atoms with Crippen LogP contribution in [-0.2, 0) is 19.5 Å². The molecule has 5 nitrogen and oxygen atoms in total. The third kappa shape index (κ3) is 3.04. The molecule has 4 heterocycles. The average Bonchev–Trinajstić information content (AvgIpc) is 3.36. The molecule has 0 saturated carbocycles. The highest BCUT2D eigenvalue weighted by atomic mass is 32.1. The zero-order valence-corrected chi connectivity index (χ0v) is 16.4. The van der Waals surface area contributed by atoms with Crippen molar-refractivity contribution in [1.29, 1.82) is 0 Å². The zero-order chi connectivity index (χ0) is 19.1. The Morgan fingerprint density at radius 2 is 2.11 bits per heavy atom. The largest absolute Gasteiger partial charge is 0.294 e. The van der Waals surface area contributed by atoms with E-state index in [9.17, 15) is 4.79 Å². The van der Waals surface area contributed by atoms with Crippen molar-refractivity contribution in [1.82, 2.24) is 19.4 Å². The minimum atomic E-state index is 0.0425. The molecule has 6 heteroatoms. The van der Waals surface area contributed by atoms with Gasteiger partial charge in [-0.05, 0) is 23.1 Å². The predicted octanol–water partition coefficient (Wildman–Crippen LogP) is 4.38. The van der Waals surface area contributed by atoms with E-state index in [1.54, 1.807) is 22.8 Å². The summed E-state index contributed by atoms with van der Waals surface area (Å²) in [5.41, 5.74) is 4.51. The Bertz CT molecular complexity index is 1160. The van der Waals surface area contributed by atoms with Gasteiger partial charge >= 0.3 is 0 Å². The van der Waals surface area contributed by atoms with Crippen LogP contribution < -0.4 is 0 Å². The molecule has 0 saturated heterocycles. The molecule has 0 atom stereocenters. The first kappa shape index (κ1) is 17.3. The number of thiophene rings is 1. The van der Waals surface area contributed by atoms with Gasteiger partial charge in [-0.1, -0.05) is 24.3 Å². The summed E-state index contributed by atoms with van der Waals surface area (Å²) in [6.07, 6.45) is 4.88. The quantitative estimate of drug-likeness (QED) is 0.523. The van der Waals surface area contributed by atoms with Crippen molar-refractivity contribution in [3.05, 3.63) is 71.0 Å². The van der Waals surface area contributed by atoms with Gasteiger partial charge < -0.3 is 0 Å². The standard InChI is InChI=1S/C22H20N4OS/c1-15(27)26-14-17(18-5-2-3-6-20(18)26)13-25-9-8-19-16(12-25)11-23-22(24-19)21-7-4-10-28-21/h2-7,10-11,14H,8-9,12-13H2,1H3. The molecule has 1 aliphatic heterocycles. The van der Waals surface area contributed by atoms with Gasteiger partial charge in [0.15, 0.2) is 5.82 Å². The summed E-state index contributed by atoms with van der Waals surface area (Å²) < 4.78 is 1.75. The number of aromatic nitrogens is 3. The lowest BCUT2D eigenvalue weighted by Crippen LogP contribution is -2.30. The topological polar surface area (TPSA) is 51.0 Å². The number of carbonyl (C=O) groups excluding carboxylic acids is 1. The highest BCUT2D eigenvalue weighted by molar-refractivity contribution is 7.13. The lowest BCUT2D eigenvalue weighted by Gasteiger charge is -2.27. The van der Waals surface area contributed by atoms with E-state index < -0.39 is 0 Å². The Kier molecular flexibility index (Phi) is 4.30. The fourth-order valence-electron chi connectivity index (χ4n) is 3.91. The maximum absolute atomic E-state index is 12.0. The lowest BCUT2D eigenvalue weighted by atomic mass is 10.1. The summed E-state index contributed by atoms with van der Waals surface area (Å²) in [6, 6.07) is 12.2. The second-order valence-corrected chi connectivity index (χ2v) is 8.11. The van der Waals surface area contributed by atoms with E-state index in [1.165, 1.54) is 11.1 Å². The minimum Gasteiger partial charge on any atom is -0.294 e. The highest BCUT2D eigenvalue weighted by Crippen LogP contribution is 2.27. The van der Waals surface area contributed by atoms with Gasteiger partial charge in [-0.3, -0.25) is 14.3 Å². The molecule has 1 aliphatic rings. The molecule has 0 fully saturated rings. The Hall–Kier alpha value is -2.83. The summed E-state index contributed by atoms with van der Waals surface area (Å²) in [5.74, 6) is 0.868. The molecule has 0 spiro atoms. The minimum absolute atomic E-state index is 0.0425. The summed E-state index contributed by atoms with van der Waals surface area (Å²) in [7, 11) is 0. The van der Waals surface area contributed by atoms with E-state index in [-0.39, 0.29) is 5.91 Å². The van der Waals surface area contributed by atoms with Crippen LogP contribution in [0.5, 0.6) is 0 Å². The molecule has 3 aromatic heterocycles. The molecule has 0 amide bonds. The smallest absolute Gasteiger partial charge is 0.227 e. The fourth-order valence-corrected chi connectivity index (χ4v) is 4.58. The zero-order valence-electron chi connectivity index (χ0n) is 15.6. The van der Waals surface area contributed by atoms with Crippen molar-refractivity contribution in [3.8, 4) is 10.7 Å². The van der Waals surface area contributed by atoms with E-state index in [1.807, 2.05) is 36.7 Å².